The van der Waals surface area contributed by atoms with Crippen LogP contribution in [0.2, 0.25) is 0 Å². The van der Waals surface area contributed by atoms with Crippen molar-refractivity contribution in [2.45, 2.75) is 6.10 Å². The third-order valence-corrected chi connectivity index (χ3v) is 1.80. The Morgan fingerprint density at radius 2 is 2.07 bits per heavy atom. The molecule has 0 aliphatic rings. The highest BCUT2D eigenvalue weighted by atomic mass is 16.4. The Kier molecular flexibility index (Phi) is 3.06. The Balaban J connectivity index is 3.22. The molecule has 1 aromatic rings. The fourth-order valence-corrected chi connectivity index (χ4v) is 1.12. The topological polar surface area (TPSA) is 98.0 Å². The molecule has 1 unspecified atom stereocenters. The van der Waals surface area contributed by atoms with Gasteiger partial charge in [0.15, 0.2) is 0 Å². The molecule has 0 amide bonds. The van der Waals surface area contributed by atoms with Gasteiger partial charge in [0.25, 0.3) is 0 Å². The van der Waals surface area contributed by atoms with Crippen molar-refractivity contribution in [1.29, 1.82) is 0 Å². The van der Waals surface area contributed by atoms with Gasteiger partial charge in [-0.05, 0) is 18.2 Å². The third kappa shape index (κ3) is 2.01. The molecule has 0 aromatic heterocycles. The zero-order valence-corrected chi connectivity index (χ0v) is 7.21. The maximum atomic E-state index is 10.7. The monoisotopic (exact) mass is 198 g/mol. The van der Waals surface area contributed by atoms with E-state index < -0.39 is 18.7 Å². The van der Waals surface area contributed by atoms with E-state index >= 15 is 0 Å². The van der Waals surface area contributed by atoms with Crippen molar-refractivity contribution in [1.82, 2.24) is 0 Å². The van der Waals surface area contributed by atoms with Gasteiger partial charge in [-0.2, -0.15) is 0 Å². The Labute approximate surface area is 79.9 Å². The van der Waals surface area contributed by atoms with Crippen LogP contribution in [0.5, 0.6) is 5.75 Å². The van der Waals surface area contributed by atoms with Gasteiger partial charge in [-0.3, -0.25) is 0 Å². The van der Waals surface area contributed by atoms with Gasteiger partial charge in [-0.1, -0.05) is 0 Å². The van der Waals surface area contributed by atoms with Crippen molar-refractivity contribution in [2.24, 2.45) is 0 Å². The van der Waals surface area contributed by atoms with Crippen LogP contribution in [0.4, 0.5) is 0 Å². The van der Waals surface area contributed by atoms with Crippen LogP contribution in [-0.2, 0) is 0 Å². The number of aliphatic hydroxyl groups is 2. The molecule has 0 fully saturated rings. The summed E-state index contributed by atoms with van der Waals surface area (Å²) in [6.45, 7) is -0.594. The Hall–Kier alpha value is -1.59. The van der Waals surface area contributed by atoms with Crippen LogP contribution in [0.15, 0.2) is 18.2 Å². The Morgan fingerprint density at radius 3 is 2.57 bits per heavy atom. The van der Waals surface area contributed by atoms with E-state index in [0.29, 0.717) is 0 Å². The average Bonchev–Trinajstić information content (AvgIpc) is 2.16. The minimum absolute atomic E-state index is 0.000000000000000444. The zero-order valence-electron chi connectivity index (χ0n) is 7.21. The Bertz CT molecular complexity index is 347. The summed E-state index contributed by atoms with van der Waals surface area (Å²) in [7, 11) is 0. The summed E-state index contributed by atoms with van der Waals surface area (Å²) >= 11 is 0. The summed E-state index contributed by atoms with van der Waals surface area (Å²) in [5.74, 6) is -1.37. The van der Waals surface area contributed by atoms with Crippen molar-refractivity contribution in [3.63, 3.8) is 0 Å². The molecule has 5 heteroatoms. The molecular weight excluding hydrogens is 188 g/mol. The lowest BCUT2D eigenvalue weighted by Crippen LogP contribution is -2.09. The number of carboxylic acids is 1. The van der Waals surface area contributed by atoms with E-state index in [1.165, 1.54) is 12.1 Å². The number of aromatic hydroxyl groups is 1. The molecule has 0 heterocycles. The molecule has 0 radical (unpaired) electrons. The number of phenolic OH excluding ortho intramolecular Hbond substituents is 1. The third-order valence-electron chi connectivity index (χ3n) is 1.80. The Morgan fingerprint density at radius 1 is 1.43 bits per heavy atom. The van der Waals surface area contributed by atoms with E-state index in [1.807, 2.05) is 0 Å². The van der Waals surface area contributed by atoms with Crippen molar-refractivity contribution in [2.75, 3.05) is 6.61 Å². The SMILES string of the molecule is O=C(O)c1ccc(O)cc1C(O)CO. The zero-order chi connectivity index (χ0) is 10.7. The molecule has 5 nitrogen and oxygen atoms in total. The van der Waals surface area contributed by atoms with Gasteiger partial charge in [0, 0.05) is 5.56 Å². The van der Waals surface area contributed by atoms with Crippen LogP contribution in [0.3, 0.4) is 0 Å². The summed E-state index contributed by atoms with van der Waals surface area (Å²) in [4.78, 5) is 10.7. The minimum Gasteiger partial charge on any atom is -0.508 e. The maximum Gasteiger partial charge on any atom is 0.336 e. The first-order chi connectivity index (χ1) is 6.56. The van der Waals surface area contributed by atoms with Gasteiger partial charge >= 0.3 is 5.97 Å². The van der Waals surface area contributed by atoms with Crippen LogP contribution >= 0.6 is 0 Å². The fraction of sp³-hybridized carbons (Fsp3) is 0.222. The van der Waals surface area contributed by atoms with Gasteiger partial charge < -0.3 is 20.4 Å². The largest absolute Gasteiger partial charge is 0.508 e. The predicted octanol–water partition coefficient (Wildman–Crippen LogP) is 0.116. The molecule has 0 aliphatic heterocycles. The molecular formula is C9H10O5. The number of hydrogen-bond donors (Lipinski definition) is 4. The highest BCUT2D eigenvalue weighted by molar-refractivity contribution is 5.89. The summed E-state index contributed by atoms with van der Waals surface area (Å²) in [6.07, 6.45) is -1.30. The molecule has 0 spiro atoms. The summed E-state index contributed by atoms with van der Waals surface area (Å²) in [6, 6.07) is 3.49. The minimum atomic E-state index is -1.30. The average molecular weight is 198 g/mol. The first-order valence-electron chi connectivity index (χ1n) is 3.91. The first-order valence-corrected chi connectivity index (χ1v) is 3.91. The number of phenols is 1. The van der Waals surface area contributed by atoms with E-state index in [1.54, 1.807) is 0 Å². The van der Waals surface area contributed by atoms with E-state index in [0.717, 1.165) is 6.07 Å². The van der Waals surface area contributed by atoms with E-state index in [2.05, 4.69) is 0 Å². The van der Waals surface area contributed by atoms with E-state index in [4.69, 9.17) is 15.3 Å². The van der Waals surface area contributed by atoms with Gasteiger partial charge in [0.05, 0.1) is 12.2 Å². The van der Waals surface area contributed by atoms with Crippen LogP contribution in [0.1, 0.15) is 22.0 Å². The summed E-state index contributed by atoms with van der Waals surface area (Å²) in [5.41, 5.74) is -0.135. The lowest BCUT2D eigenvalue weighted by atomic mass is 10.0. The van der Waals surface area contributed by atoms with Crippen LogP contribution in [0.25, 0.3) is 0 Å². The van der Waals surface area contributed by atoms with Crippen molar-refractivity contribution >= 4 is 5.97 Å². The summed E-state index contributed by atoms with van der Waals surface area (Å²) < 4.78 is 0. The molecule has 1 rings (SSSR count). The molecule has 4 N–H and O–H groups in total. The van der Waals surface area contributed by atoms with Crippen molar-refractivity contribution in [3.8, 4) is 5.75 Å². The second-order valence-electron chi connectivity index (χ2n) is 2.78. The van der Waals surface area contributed by atoms with Gasteiger partial charge in [-0.15, -0.1) is 0 Å². The van der Waals surface area contributed by atoms with E-state index in [9.17, 15) is 9.90 Å². The van der Waals surface area contributed by atoms with Crippen molar-refractivity contribution < 1.29 is 25.2 Å². The quantitative estimate of drug-likeness (QED) is 0.552. The number of aliphatic hydroxyl groups excluding tert-OH is 2. The lowest BCUT2D eigenvalue weighted by molar-refractivity contribution is 0.0674. The second kappa shape index (κ2) is 4.08. The molecule has 14 heavy (non-hydrogen) atoms. The van der Waals surface area contributed by atoms with Crippen LogP contribution < -0.4 is 0 Å². The summed E-state index contributed by atoms with van der Waals surface area (Å²) in [5, 5.41) is 35.7. The highest BCUT2D eigenvalue weighted by Gasteiger charge is 2.16. The normalized spacial score (nSPS) is 12.4. The molecule has 1 atom stereocenters. The van der Waals surface area contributed by atoms with E-state index in [-0.39, 0.29) is 16.9 Å². The first kappa shape index (κ1) is 10.5. The lowest BCUT2D eigenvalue weighted by Gasteiger charge is -2.10. The number of benzene rings is 1. The molecule has 0 aliphatic carbocycles. The number of hydrogen-bond acceptors (Lipinski definition) is 4. The molecule has 76 valence electrons. The number of carboxylic acid groups (broad SMARTS) is 1. The van der Waals surface area contributed by atoms with Gasteiger partial charge in [-0.25, -0.2) is 4.79 Å². The molecule has 1 aromatic carbocycles. The molecule has 0 saturated carbocycles. The smallest absolute Gasteiger partial charge is 0.336 e. The van der Waals surface area contributed by atoms with Gasteiger partial charge in [0.2, 0.25) is 0 Å². The van der Waals surface area contributed by atoms with Crippen molar-refractivity contribution in [3.05, 3.63) is 29.3 Å². The number of aromatic carboxylic acids is 1. The van der Waals surface area contributed by atoms with Crippen LogP contribution in [0, 0.1) is 0 Å². The van der Waals surface area contributed by atoms with Gasteiger partial charge in [0.1, 0.15) is 11.9 Å². The number of carbonyl (C=O) groups is 1. The molecule has 0 saturated heterocycles. The standard InChI is InChI=1S/C9H10O5/c10-4-8(12)7-3-5(11)1-2-6(7)9(13)14/h1-3,8,10-12H,4H2,(H,13,14). The second-order valence-corrected chi connectivity index (χ2v) is 2.78. The predicted molar refractivity (Wildman–Crippen MR) is 47.1 cm³/mol. The molecule has 0 bridgehead atoms. The van der Waals surface area contributed by atoms with Crippen LogP contribution in [-0.4, -0.2) is 33.0 Å². The fourth-order valence-electron chi connectivity index (χ4n) is 1.12. The highest BCUT2D eigenvalue weighted by Crippen LogP contribution is 2.22. The maximum absolute atomic E-state index is 10.7. The number of rotatable bonds is 3.